The Hall–Kier alpha value is -7.36. The topological polar surface area (TPSA) is 6.48 Å². The monoisotopic (exact) mass is 1030 g/mol. The summed E-state index contributed by atoms with van der Waals surface area (Å²) in [6, 6.07) is 77.1. The SMILES string of the molecule is CC(C)(C)c1ccc(N2c3cc4c(cc3B3c5ccc(C(C)(C)c6ccccc6)cc5N(c5cccc(C(C)(C)c6ccccc6)c5)c5cc(C(C)(C)C)cc2c53)C(C)(C)CCC4(C)C)c(-c2ccccc2-c2ccccc2)c1. The first-order valence-electron chi connectivity index (χ1n) is 29.1. The molecule has 396 valence electrons. The lowest BCUT2D eigenvalue weighted by atomic mass is 9.33. The van der Waals surface area contributed by atoms with E-state index in [0.717, 1.165) is 12.8 Å². The van der Waals surface area contributed by atoms with E-state index >= 15 is 0 Å². The first-order valence-corrected chi connectivity index (χ1v) is 29.1. The normalized spacial score (nSPS) is 15.5. The third-order valence-electron chi connectivity index (χ3n) is 18.9. The largest absolute Gasteiger partial charge is 0.311 e. The Morgan fingerprint density at radius 3 is 1.42 bits per heavy atom. The van der Waals surface area contributed by atoms with Gasteiger partial charge in [-0.25, -0.2) is 0 Å². The fourth-order valence-electron chi connectivity index (χ4n) is 13.5. The smallest absolute Gasteiger partial charge is 0.252 e. The molecule has 0 saturated heterocycles. The van der Waals surface area contributed by atoms with Gasteiger partial charge in [-0.1, -0.05) is 249 Å². The Labute approximate surface area is 473 Å². The minimum Gasteiger partial charge on any atom is -0.311 e. The molecule has 0 atom stereocenters. The summed E-state index contributed by atoms with van der Waals surface area (Å²) in [5.74, 6) is 0. The molecule has 0 N–H and O–H groups in total. The lowest BCUT2D eigenvalue weighted by Gasteiger charge is -2.48. The van der Waals surface area contributed by atoms with Gasteiger partial charge < -0.3 is 9.80 Å². The molecule has 2 aliphatic heterocycles. The number of fused-ring (bicyclic) bond motifs is 5. The molecule has 12 rings (SSSR count). The van der Waals surface area contributed by atoms with Crippen molar-refractivity contribution in [3.8, 4) is 22.3 Å². The molecule has 0 unspecified atom stereocenters. The van der Waals surface area contributed by atoms with E-state index in [4.69, 9.17) is 0 Å². The van der Waals surface area contributed by atoms with Gasteiger partial charge in [0.15, 0.2) is 0 Å². The van der Waals surface area contributed by atoms with Crippen LogP contribution in [0.1, 0.15) is 154 Å². The molecule has 79 heavy (non-hydrogen) atoms. The quantitative estimate of drug-likeness (QED) is 0.140. The zero-order chi connectivity index (χ0) is 55.6. The summed E-state index contributed by atoms with van der Waals surface area (Å²) < 4.78 is 0. The average Bonchev–Trinajstić information content (AvgIpc) is 3.46. The van der Waals surface area contributed by atoms with E-state index in [9.17, 15) is 0 Å². The predicted octanol–water partition coefficient (Wildman–Crippen LogP) is 18.7. The van der Waals surface area contributed by atoms with Crippen LogP contribution in [-0.2, 0) is 32.5 Å². The molecule has 9 aromatic carbocycles. The second kappa shape index (κ2) is 18.6. The van der Waals surface area contributed by atoms with Crippen LogP contribution in [0.15, 0.2) is 200 Å². The summed E-state index contributed by atoms with van der Waals surface area (Å²) in [6.45, 7) is 33.7. The number of anilines is 6. The van der Waals surface area contributed by atoms with Crippen LogP contribution < -0.4 is 26.2 Å². The molecule has 2 heterocycles. The number of hydrogen-bond acceptors (Lipinski definition) is 2. The highest BCUT2D eigenvalue weighted by molar-refractivity contribution is 7.00. The average molecular weight is 1030 g/mol. The minimum atomic E-state index is -0.264. The van der Waals surface area contributed by atoms with Gasteiger partial charge >= 0.3 is 0 Å². The van der Waals surface area contributed by atoms with Gasteiger partial charge in [-0.2, -0.15) is 0 Å². The molecule has 3 aliphatic rings. The van der Waals surface area contributed by atoms with Crippen LogP contribution in [0.25, 0.3) is 22.3 Å². The zero-order valence-electron chi connectivity index (χ0n) is 49.4. The van der Waals surface area contributed by atoms with Crippen molar-refractivity contribution >= 4 is 57.2 Å². The molecule has 9 aromatic rings. The predicted molar refractivity (Wildman–Crippen MR) is 341 cm³/mol. The molecular weight excluding hydrogens is 952 g/mol. The molecule has 0 aromatic heterocycles. The third kappa shape index (κ3) is 8.79. The van der Waals surface area contributed by atoms with Gasteiger partial charge in [0.05, 0.1) is 5.69 Å². The van der Waals surface area contributed by atoms with E-state index in [2.05, 4.69) is 307 Å². The minimum absolute atomic E-state index is 0.00283. The fraction of sp³-hybridized carbons (Fsp3) is 0.289. The summed E-state index contributed by atoms with van der Waals surface area (Å²) >= 11 is 0. The van der Waals surface area contributed by atoms with E-state index in [1.807, 2.05) is 0 Å². The van der Waals surface area contributed by atoms with Crippen molar-refractivity contribution in [1.29, 1.82) is 0 Å². The molecule has 0 fully saturated rings. The number of benzene rings is 9. The number of rotatable bonds is 8. The van der Waals surface area contributed by atoms with Crippen molar-refractivity contribution in [3.05, 3.63) is 245 Å². The molecule has 0 amide bonds. The molecule has 0 spiro atoms. The fourth-order valence-corrected chi connectivity index (χ4v) is 13.5. The van der Waals surface area contributed by atoms with Crippen molar-refractivity contribution < 1.29 is 0 Å². The van der Waals surface area contributed by atoms with Gasteiger partial charge in [0, 0.05) is 44.8 Å². The lowest BCUT2D eigenvalue weighted by Crippen LogP contribution is -2.62. The standard InChI is InChI=1S/C76H79BN2/c1-71(2,3)53-38-40-65(60(44-53)59-36-25-24-35-58(59)50-27-18-15-19-28-50)79-67-49-62-61(73(7,8)41-42-74(62,9)10)48-64(67)77-63-39-37-55(76(13,14)52-31-22-17-23-32-52)45-66(63)78(68-46-56(72(4,5)6)47-69(79)70(68)77)57-34-26-33-54(43-57)75(11,12)51-29-20-16-21-30-51/h15-40,43-49H,41-42H2,1-14H3. The van der Waals surface area contributed by atoms with Crippen LogP contribution in [0.5, 0.6) is 0 Å². The van der Waals surface area contributed by atoms with Crippen molar-refractivity contribution in [2.24, 2.45) is 0 Å². The Morgan fingerprint density at radius 2 is 0.823 bits per heavy atom. The van der Waals surface area contributed by atoms with Crippen LogP contribution in [-0.4, -0.2) is 6.71 Å². The van der Waals surface area contributed by atoms with E-state index < -0.39 is 0 Å². The van der Waals surface area contributed by atoms with E-state index in [1.54, 1.807) is 0 Å². The Bertz CT molecular complexity index is 3810. The third-order valence-corrected chi connectivity index (χ3v) is 18.9. The second-order valence-electron chi connectivity index (χ2n) is 27.7. The molecule has 1 aliphatic carbocycles. The molecule has 0 bridgehead atoms. The van der Waals surface area contributed by atoms with Crippen LogP contribution in [0.2, 0.25) is 0 Å². The van der Waals surface area contributed by atoms with Crippen LogP contribution in [0.3, 0.4) is 0 Å². The maximum absolute atomic E-state index is 2.73. The number of hydrogen-bond donors (Lipinski definition) is 0. The summed E-state index contributed by atoms with van der Waals surface area (Å²) in [4.78, 5) is 5.39. The highest BCUT2D eigenvalue weighted by atomic mass is 15.2. The molecular formula is C76H79BN2. The van der Waals surface area contributed by atoms with Gasteiger partial charge in [-0.15, -0.1) is 0 Å². The van der Waals surface area contributed by atoms with Gasteiger partial charge in [0.2, 0.25) is 0 Å². The second-order valence-corrected chi connectivity index (χ2v) is 27.7. The molecule has 2 nitrogen and oxygen atoms in total. The van der Waals surface area contributed by atoms with Gasteiger partial charge in [-0.3, -0.25) is 0 Å². The Morgan fingerprint density at radius 1 is 0.342 bits per heavy atom. The van der Waals surface area contributed by atoms with Crippen molar-refractivity contribution in [3.63, 3.8) is 0 Å². The van der Waals surface area contributed by atoms with Crippen molar-refractivity contribution in [2.45, 2.75) is 142 Å². The van der Waals surface area contributed by atoms with Gasteiger partial charge in [-0.05, 0) is 161 Å². The zero-order valence-corrected chi connectivity index (χ0v) is 49.4. The Kier molecular flexibility index (Phi) is 12.3. The summed E-state index contributed by atoms with van der Waals surface area (Å²) in [5, 5.41) is 0. The highest BCUT2D eigenvalue weighted by Gasteiger charge is 2.48. The summed E-state index contributed by atoms with van der Waals surface area (Å²) in [6.07, 6.45) is 2.28. The maximum atomic E-state index is 2.73. The van der Waals surface area contributed by atoms with Crippen LogP contribution in [0, 0.1) is 0 Å². The maximum Gasteiger partial charge on any atom is 0.252 e. The molecule has 0 radical (unpaired) electrons. The molecule has 0 saturated carbocycles. The number of nitrogens with zero attached hydrogens (tertiary/aromatic N) is 2. The van der Waals surface area contributed by atoms with E-state index in [1.165, 1.54) is 117 Å². The first kappa shape index (κ1) is 52.3. The first-order chi connectivity index (χ1) is 37.4. The van der Waals surface area contributed by atoms with Gasteiger partial charge in [0.1, 0.15) is 0 Å². The van der Waals surface area contributed by atoms with E-state index in [0.29, 0.717) is 0 Å². The Balaban J connectivity index is 1.22. The van der Waals surface area contributed by atoms with E-state index in [-0.39, 0.29) is 39.2 Å². The van der Waals surface area contributed by atoms with Crippen LogP contribution in [0.4, 0.5) is 34.1 Å². The van der Waals surface area contributed by atoms with Crippen molar-refractivity contribution in [2.75, 3.05) is 9.80 Å². The summed E-state index contributed by atoms with van der Waals surface area (Å²) in [7, 11) is 0. The lowest BCUT2D eigenvalue weighted by molar-refractivity contribution is 0.332. The summed E-state index contributed by atoms with van der Waals surface area (Å²) in [5.41, 5.74) is 26.3. The van der Waals surface area contributed by atoms with Crippen molar-refractivity contribution in [1.82, 2.24) is 0 Å². The highest BCUT2D eigenvalue weighted by Crippen LogP contribution is 2.54. The molecule has 3 heteroatoms. The van der Waals surface area contributed by atoms with Gasteiger partial charge in [0.25, 0.3) is 6.71 Å². The van der Waals surface area contributed by atoms with Crippen LogP contribution >= 0.6 is 0 Å².